The lowest BCUT2D eigenvalue weighted by Gasteiger charge is -2.17. The van der Waals surface area contributed by atoms with Crippen LogP contribution >= 0.6 is 0 Å². The topological polar surface area (TPSA) is 15.3 Å². The third-order valence-corrected chi connectivity index (χ3v) is 4.15. The van der Waals surface area contributed by atoms with Gasteiger partial charge in [0.05, 0.1) is 0 Å². The van der Waals surface area contributed by atoms with Crippen LogP contribution in [0.1, 0.15) is 27.8 Å². The van der Waals surface area contributed by atoms with E-state index in [4.69, 9.17) is 0 Å². The van der Waals surface area contributed by atoms with Crippen LogP contribution < -0.4 is 10.2 Å². The van der Waals surface area contributed by atoms with Crippen molar-refractivity contribution in [2.24, 2.45) is 0 Å². The van der Waals surface area contributed by atoms with Crippen molar-refractivity contribution in [3.8, 4) is 0 Å². The van der Waals surface area contributed by atoms with E-state index in [1.165, 1.54) is 39.2 Å². The Morgan fingerprint density at radius 3 is 2.10 bits per heavy atom. The van der Waals surface area contributed by atoms with Crippen LogP contribution in [0.25, 0.3) is 0 Å². The minimum atomic E-state index is 0.870. The molecule has 0 aromatic heterocycles. The van der Waals surface area contributed by atoms with E-state index in [0.717, 1.165) is 6.54 Å². The summed E-state index contributed by atoms with van der Waals surface area (Å²) < 4.78 is 0. The van der Waals surface area contributed by atoms with Crippen LogP contribution in [0.3, 0.4) is 0 Å². The number of nitrogens with zero attached hydrogens (tertiary/aromatic N) is 1. The highest BCUT2D eigenvalue weighted by atomic mass is 15.1. The average Bonchev–Trinajstić information content (AvgIpc) is 2.42. The van der Waals surface area contributed by atoms with Gasteiger partial charge in [-0.2, -0.15) is 0 Å². The molecule has 2 aromatic carbocycles. The number of hydrogen-bond acceptors (Lipinski definition) is 2. The molecule has 0 unspecified atom stereocenters. The molecule has 0 atom stereocenters. The Morgan fingerprint density at radius 1 is 0.810 bits per heavy atom. The minimum Gasteiger partial charge on any atom is -0.381 e. The predicted octanol–water partition coefficient (Wildman–Crippen LogP) is 4.60. The first-order chi connectivity index (χ1) is 9.88. The van der Waals surface area contributed by atoms with Crippen molar-refractivity contribution < 1.29 is 0 Å². The number of aryl methyl sites for hydroxylation is 4. The molecule has 1 N–H and O–H groups in total. The second kappa shape index (κ2) is 6.21. The Labute approximate surface area is 128 Å². The van der Waals surface area contributed by atoms with Gasteiger partial charge < -0.3 is 10.2 Å². The second-order valence-electron chi connectivity index (χ2n) is 6.11. The quantitative estimate of drug-likeness (QED) is 0.881. The summed E-state index contributed by atoms with van der Waals surface area (Å²) in [7, 11) is 4.14. The third kappa shape index (κ3) is 3.57. The SMILES string of the molecule is Cc1cc(C)c(CNc2ccc(N(C)C)cc2C)cc1C. The standard InChI is InChI=1S/C19H26N2/c1-13-9-15(3)17(10-14(13)2)12-20-19-8-7-18(21(5)6)11-16(19)4/h7-11,20H,12H2,1-6H3. The van der Waals surface area contributed by atoms with Gasteiger partial charge in [0.1, 0.15) is 0 Å². The summed E-state index contributed by atoms with van der Waals surface area (Å²) >= 11 is 0. The highest BCUT2D eigenvalue weighted by Crippen LogP contribution is 2.23. The smallest absolute Gasteiger partial charge is 0.0403 e. The Balaban J connectivity index is 2.15. The van der Waals surface area contributed by atoms with Crippen molar-refractivity contribution in [2.45, 2.75) is 34.2 Å². The normalized spacial score (nSPS) is 10.6. The first-order valence-corrected chi connectivity index (χ1v) is 7.47. The lowest BCUT2D eigenvalue weighted by atomic mass is 10.0. The molecule has 0 spiro atoms. The maximum absolute atomic E-state index is 3.56. The highest BCUT2D eigenvalue weighted by Gasteiger charge is 2.04. The maximum Gasteiger partial charge on any atom is 0.0403 e. The van der Waals surface area contributed by atoms with E-state index >= 15 is 0 Å². The van der Waals surface area contributed by atoms with Gasteiger partial charge >= 0.3 is 0 Å². The van der Waals surface area contributed by atoms with E-state index in [2.05, 4.69) is 82.3 Å². The molecule has 0 saturated carbocycles. The van der Waals surface area contributed by atoms with E-state index in [-0.39, 0.29) is 0 Å². The molecule has 0 saturated heterocycles. The summed E-state index contributed by atoms with van der Waals surface area (Å²) in [6.45, 7) is 9.56. The van der Waals surface area contributed by atoms with Crippen molar-refractivity contribution in [1.29, 1.82) is 0 Å². The van der Waals surface area contributed by atoms with E-state index in [0.29, 0.717) is 0 Å². The fraction of sp³-hybridized carbons (Fsp3) is 0.368. The Kier molecular flexibility index (Phi) is 4.56. The van der Waals surface area contributed by atoms with Crippen LogP contribution in [0.4, 0.5) is 11.4 Å². The van der Waals surface area contributed by atoms with Crippen LogP contribution in [-0.2, 0) is 6.54 Å². The molecule has 0 aliphatic carbocycles. The largest absolute Gasteiger partial charge is 0.381 e. The zero-order valence-corrected chi connectivity index (χ0v) is 14.0. The van der Waals surface area contributed by atoms with Gasteiger partial charge in [-0.05, 0) is 73.7 Å². The third-order valence-electron chi connectivity index (χ3n) is 4.15. The highest BCUT2D eigenvalue weighted by molar-refractivity contribution is 5.60. The van der Waals surface area contributed by atoms with Crippen LogP contribution in [0.5, 0.6) is 0 Å². The first-order valence-electron chi connectivity index (χ1n) is 7.47. The molecule has 0 bridgehead atoms. The van der Waals surface area contributed by atoms with E-state index in [1.807, 2.05) is 0 Å². The van der Waals surface area contributed by atoms with Crippen LogP contribution in [-0.4, -0.2) is 14.1 Å². The Morgan fingerprint density at radius 2 is 1.48 bits per heavy atom. The van der Waals surface area contributed by atoms with Gasteiger partial charge in [0.25, 0.3) is 0 Å². The predicted molar refractivity (Wildman–Crippen MR) is 93.5 cm³/mol. The summed E-state index contributed by atoms with van der Waals surface area (Å²) in [4.78, 5) is 2.13. The van der Waals surface area contributed by atoms with Crippen molar-refractivity contribution in [3.05, 3.63) is 58.1 Å². The zero-order valence-electron chi connectivity index (χ0n) is 14.0. The van der Waals surface area contributed by atoms with Crippen molar-refractivity contribution in [2.75, 3.05) is 24.3 Å². The zero-order chi connectivity index (χ0) is 15.6. The number of hydrogen-bond donors (Lipinski definition) is 1. The molecule has 0 aliphatic rings. The molecule has 2 nitrogen and oxygen atoms in total. The van der Waals surface area contributed by atoms with Gasteiger partial charge in [-0.25, -0.2) is 0 Å². The van der Waals surface area contributed by atoms with E-state index in [1.54, 1.807) is 0 Å². The second-order valence-corrected chi connectivity index (χ2v) is 6.11. The number of benzene rings is 2. The summed E-state index contributed by atoms with van der Waals surface area (Å²) in [5.41, 5.74) is 9.17. The van der Waals surface area contributed by atoms with Crippen LogP contribution in [0.15, 0.2) is 30.3 Å². The summed E-state index contributed by atoms with van der Waals surface area (Å²) in [5, 5.41) is 3.56. The number of anilines is 2. The van der Waals surface area contributed by atoms with E-state index in [9.17, 15) is 0 Å². The molecular formula is C19H26N2. The Hall–Kier alpha value is -1.96. The summed E-state index contributed by atoms with van der Waals surface area (Å²) in [5.74, 6) is 0. The molecule has 0 amide bonds. The average molecular weight is 282 g/mol. The van der Waals surface area contributed by atoms with Gasteiger partial charge in [0.15, 0.2) is 0 Å². The number of nitrogens with one attached hydrogen (secondary N) is 1. The molecule has 0 fully saturated rings. The van der Waals surface area contributed by atoms with Crippen molar-refractivity contribution in [1.82, 2.24) is 0 Å². The molecule has 112 valence electrons. The fourth-order valence-electron chi connectivity index (χ4n) is 2.53. The molecular weight excluding hydrogens is 256 g/mol. The minimum absolute atomic E-state index is 0.870. The number of rotatable bonds is 4. The lowest BCUT2D eigenvalue weighted by Crippen LogP contribution is -2.09. The lowest BCUT2D eigenvalue weighted by molar-refractivity contribution is 1.09. The molecule has 0 radical (unpaired) electrons. The molecule has 2 rings (SSSR count). The molecule has 2 heteroatoms. The van der Waals surface area contributed by atoms with Crippen LogP contribution in [0.2, 0.25) is 0 Å². The van der Waals surface area contributed by atoms with E-state index < -0.39 is 0 Å². The molecule has 0 aliphatic heterocycles. The van der Waals surface area contributed by atoms with Crippen molar-refractivity contribution >= 4 is 11.4 Å². The van der Waals surface area contributed by atoms with Gasteiger partial charge in [0, 0.05) is 32.0 Å². The Bertz CT molecular complexity index is 642. The van der Waals surface area contributed by atoms with Gasteiger partial charge in [0.2, 0.25) is 0 Å². The van der Waals surface area contributed by atoms with Crippen LogP contribution in [0, 0.1) is 27.7 Å². The molecule has 2 aromatic rings. The maximum atomic E-state index is 3.56. The van der Waals surface area contributed by atoms with Crippen molar-refractivity contribution in [3.63, 3.8) is 0 Å². The molecule has 0 heterocycles. The fourth-order valence-corrected chi connectivity index (χ4v) is 2.53. The van der Waals surface area contributed by atoms with Gasteiger partial charge in [-0.3, -0.25) is 0 Å². The summed E-state index contributed by atoms with van der Waals surface area (Å²) in [6.07, 6.45) is 0. The first kappa shape index (κ1) is 15.4. The summed E-state index contributed by atoms with van der Waals surface area (Å²) in [6, 6.07) is 11.1. The monoisotopic (exact) mass is 282 g/mol. The molecule has 21 heavy (non-hydrogen) atoms. The van der Waals surface area contributed by atoms with Gasteiger partial charge in [-0.15, -0.1) is 0 Å². The van der Waals surface area contributed by atoms with Gasteiger partial charge in [-0.1, -0.05) is 12.1 Å².